The van der Waals surface area contributed by atoms with Gasteiger partial charge in [0.2, 0.25) is 0 Å². The van der Waals surface area contributed by atoms with Crippen molar-refractivity contribution in [2.45, 2.75) is 45.4 Å². The van der Waals surface area contributed by atoms with E-state index >= 15 is 0 Å². The molecule has 0 radical (unpaired) electrons. The number of benzene rings is 1. The lowest BCUT2D eigenvalue weighted by Crippen LogP contribution is -2.33. The summed E-state index contributed by atoms with van der Waals surface area (Å²) in [5, 5.41) is 12.9. The number of rotatable bonds is 3. The number of piperidine rings is 1. The normalized spacial score (nSPS) is 16.1. The van der Waals surface area contributed by atoms with Crippen LogP contribution >= 0.6 is 0 Å². The second-order valence-electron chi connectivity index (χ2n) is 7.29. The summed E-state index contributed by atoms with van der Waals surface area (Å²) in [5.41, 5.74) is 3.70. The van der Waals surface area contributed by atoms with Crippen LogP contribution < -0.4 is 4.90 Å². The lowest BCUT2D eigenvalue weighted by atomic mass is 9.88. The number of anilines is 1. The van der Waals surface area contributed by atoms with Crippen molar-refractivity contribution < 1.29 is 0 Å². The van der Waals surface area contributed by atoms with Gasteiger partial charge >= 0.3 is 0 Å². The first-order chi connectivity index (χ1) is 12.1. The molecule has 0 bridgehead atoms. The van der Waals surface area contributed by atoms with Crippen molar-refractivity contribution in [1.29, 1.82) is 0 Å². The van der Waals surface area contributed by atoms with Gasteiger partial charge in [-0.3, -0.25) is 0 Å². The molecule has 25 heavy (non-hydrogen) atoms. The Bertz CT molecular complexity index is 857. The van der Waals surface area contributed by atoms with Crippen LogP contribution in [0.25, 0.3) is 5.65 Å². The predicted octanol–water partition coefficient (Wildman–Crippen LogP) is 3.94. The van der Waals surface area contributed by atoms with Gasteiger partial charge in [0.1, 0.15) is 5.82 Å². The van der Waals surface area contributed by atoms with E-state index in [4.69, 9.17) is 5.10 Å². The average Bonchev–Trinajstić information content (AvgIpc) is 3.02. The van der Waals surface area contributed by atoms with Crippen LogP contribution in [0.5, 0.6) is 0 Å². The quantitative estimate of drug-likeness (QED) is 0.727. The van der Waals surface area contributed by atoms with E-state index in [0.717, 1.165) is 30.4 Å². The monoisotopic (exact) mass is 335 g/mol. The van der Waals surface area contributed by atoms with Gasteiger partial charge in [0.25, 0.3) is 0 Å². The third-order valence-corrected chi connectivity index (χ3v) is 5.30. The highest BCUT2D eigenvalue weighted by atomic mass is 15.4. The maximum absolute atomic E-state index is 4.70. The summed E-state index contributed by atoms with van der Waals surface area (Å²) < 4.78 is 1.83. The minimum absolute atomic E-state index is 0.595. The predicted molar refractivity (Wildman–Crippen MR) is 100 cm³/mol. The molecule has 1 saturated heterocycles. The molecule has 130 valence electrons. The third-order valence-electron chi connectivity index (χ3n) is 5.30. The molecule has 1 fully saturated rings. The van der Waals surface area contributed by atoms with Crippen molar-refractivity contribution >= 4 is 11.5 Å². The number of hydrogen-bond acceptors (Lipinski definition) is 4. The first-order valence-corrected chi connectivity index (χ1v) is 9.15. The van der Waals surface area contributed by atoms with Crippen LogP contribution in [0.2, 0.25) is 0 Å². The van der Waals surface area contributed by atoms with E-state index in [1.165, 1.54) is 24.0 Å². The molecule has 0 atom stereocenters. The Labute approximate surface area is 148 Å². The first-order valence-electron chi connectivity index (χ1n) is 9.15. The summed E-state index contributed by atoms with van der Waals surface area (Å²) in [4.78, 5) is 2.37. The number of hydrogen-bond donors (Lipinski definition) is 0. The van der Waals surface area contributed by atoms with E-state index in [-0.39, 0.29) is 0 Å². The van der Waals surface area contributed by atoms with E-state index in [0.29, 0.717) is 11.8 Å². The largest absolute Gasteiger partial charge is 0.355 e. The van der Waals surface area contributed by atoms with Crippen LogP contribution in [-0.2, 0) is 0 Å². The minimum Gasteiger partial charge on any atom is -0.355 e. The lowest BCUT2D eigenvalue weighted by Gasteiger charge is -2.33. The Morgan fingerprint density at radius 1 is 0.960 bits per heavy atom. The highest BCUT2D eigenvalue weighted by molar-refractivity contribution is 5.46. The van der Waals surface area contributed by atoms with Crippen molar-refractivity contribution in [2.24, 2.45) is 0 Å². The summed E-state index contributed by atoms with van der Waals surface area (Å²) in [6, 6.07) is 13.3. The van der Waals surface area contributed by atoms with Gasteiger partial charge in [-0.2, -0.15) is 4.52 Å². The third kappa shape index (κ3) is 3.11. The highest BCUT2D eigenvalue weighted by Crippen LogP contribution is 2.30. The molecule has 3 heterocycles. The zero-order valence-electron chi connectivity index (χ0n) is 15.2. The molecule has 0 spiro atoms. The number of nitrogens with zero attached hydrogens (tertiary/aromatic N) is 5. The fourth-order valence-corrected chi connectivity index (χ4v) is 3.65. The lowest BCUT2D eigenvalue weighted by molar-refractivity contribution is 0.500. The average molecular weight is 335 g/mol. The Kier molecular flexibility index (Phi) is 4.15. The summed E-state index contributed by atoms with van der Waals surface area (Å²) in [7, 11) is 0. The zero-order valence-corrected chi connectivity index (χ0v) is 15.2. The van der Waals surface area contributed by atoms with Crippen molar-refractivity contribution in [3.63, 3.8) is 0 Å². The van der Waals surface area contributed by atoms with E-state index in [1.807, 2.05) is 17.5 Å². The molecule has 1 aliphatic heterocycles. The molecule has 4 rings (SSSR count). The second-order valence-corrected chi connectivity index (χ2v) is 7.29. The molecule has 1 aromatic carbocycles. The minimum atomic E-state index is 0.595. The summed E-state index contributed by atoms with van der Waals surface area (Å²) in [6.07, 6.45) is 2.34. The fraction of sp³-hybridized carbons (Fsp3) is 0.450. The smallest absolute Gasteiger partial charge is 0.178 e. The molecule has 0 saturated carbocycles. The van der Waals surface area contributed by atoms with Crippen LogP contribution in [0.3, 0.4) is 0 Å². The van der Waals surface area contributed by atoms with E-state index in [2.05, 4.69) is 59.3 Å². The van der Waals surface area contributed by atoms with Gasteiger partial charge < -0.3 is 4.90 Å². The van der Waals surface area contributed by atoms with Crippen molar-refractivity contribution in [2.75, 3.05) is 18.0 Å². The van der Waals surface area contributed by atoms with Gasteiger partial charge in [0, 0.05) is 13.1 Å². The SMILES string of the molecule is Cc1nnc2ccc(N3CCC(c4ccc(C(C)C)cc4)CC3)nn12. The molecule has 0 unspecified atom stereocenters. The molecule has 0 N–H and O–H groups in total. The Morgan fingerprint density at radius 2 is 1.68 bits per heavy atom. The highest BCUT2D eigenvalue weighted by Gasteiger charge is 2.22. The van der Waals surface area contributed by atoms with Gasteiger partial charge in [-0.25, -0.2) is 0 Å². The van der Waals surface area contributed by atoms with Crippen LogP contribution in [0.15, 0.2) is 36.4 Å². The topological polar surface area (TPSA) is 46.3 Å². The molecule has 2 aromatic heterocycles. The van der Waals surface area contributed by atoms with E-state index in [9.17, 15) is 0 Å². The molecule has 3 aromatic rings. The van der Waals surface area contributed by atoms with Crippen molar-refractivity contribution in [3.8, 4) is 0 Å². The van der Waals surface area contributed by atoms with Gasteiger partial charge in [-0.05, 0) is 54.9 Å². The second kappa shape index (κ2) is 6.47. The molecule has 5 nitrogen and oxygen atoms in total. The summed E-state index contributed by atoms with van der Waals surface area (Å²) >= 11 is 0. The summed E-state index contributed by atoms with van der Waals surface area (Å²) in [5.74, 6) is 3.09. The first kappa shape index (κ1) is 16.1. The maximum atomic E-state index is 4.70. The van der Waals surface area contributed by atoms with Crippen LogP contribution in [0, 0.1) is 6.92 Å². The fourth-order valence-electron chi connectivity index (χ4n) is 3.65. The Balaban J connectivity index is 1.45. The standard InChI is InChI=1S/C20H25N5/c1-14(2)16-4-6-17(7-5-16)18-10-12-24(13-11-18)20-9-8-19-22-21-15(3)25(19)23-20/h4-9,14,18H,10-13H2,1-3H3. The molecule has 1 aliphatic rings. The van der Waals surface area contributed by atoms with Gasteiger partial charge in [-0.15, -0.1) is 15.3 Å². The maximum Gasteiger partial charge on any atom is 0.178 e. The molecule has 0 aliphatic carbocycles. The number of fused-ring (bicyclic) bond motifs is 1. The molecule has 0 amide bonds. The number of aromatic nitrogens is 4. The van der Waals surface area contributed by atoms with E-state index < -0.39 is 0 Å². The summed E-state index contributed by atoms with van der Waals surface area (Å²) in [6.45, 7) is 8.50. The van der Waals surface area contributed by atoms with Crippen molar-refractivity contribution in [1.82, 2.24) is 19.8 Å². The van der Waals surface area contributed by atoms with E-state index in [1.54, 1.807) is 0 Å². The molecular weight excluding hydrogens is 310 g/mol. The van der Waals surface area contributed by atoms with Gasteiger partial charge in [-0.1, -0.05) is 38.1 Å². The van der Waals surface area contributed by atoms with Gasteiger partial charge in [0.15, 0.2) is 11.5 Å². The Morgan fingerprint density at radius 3 is 2.36 bits per heavy atom. The van der Waals surface area contributed by atoms with Crippen molar-refractivity contribution in [3.05, 3.63) is 53.3 Å². The number of aryl methyl sites for hydroxylation is 1. The molecular formula is C20H25N5. The Hall–Kier alpha value is -2.43. The zero-order chi connectivity index (χ0) is 17.4. The van der Waals surface area contributed by atoms with Crippen LogP contribution in [0.4, 0.5) is 5.82 Å². The molecule has 5 heteroatoms. The van der Waals surface area contributed by atoms with Crippen LogP contribution in [-0.4, -0.2) is 32.9 Å². The van der Waals surface area contributed by atoms with Crippen LogP contribution in [0.1, 0.15) is 55.5 Å². The van der Waals surface area contributed by atoms with Gasteiger partial charge in [0.05, 0.1) is 0 Å².